The van der Waals surface area contributed by atoms with Gasteiger partial charge in [0.2, 0.25) is 0 Å². The molecule has 0 radical (unpaired) electrons. The fourth-order valence-corrected chi connectivity index (χ4v) is 2.92. The van der Waals surface area contributed by atoms with Crippen LogP contribution in [0.25, 0.3) is 0 Å². The average molecular weight is 374 g/mol. The quantitative estimate of drug-likeness (QED) is 0.682. The van der Waals surface area contributed by atoms with Crippen molar-refractivity contribution >= 4 is 27.5 Å². The largest absolute Gasteiger partial charge is 0.496 e. The Morgan fingerprint density at radius 3 is 2.29 bits per heavy atom. The van der Waals surface area contributed by atoms with E-state index in [-0.39, 0.29) is 5.82 Å². The molecule has 2 aromatic carbocycles. The molecule has 2 nitrogen and oxygen atoms in total. The van der Waals surface area contributed by atoms with Gasteiger partial charge >= 0.3 is 0 Å². The van der Waals surface area contributed by atoms with Gasteiger partial charge in [0, 0.05) is 11.1 Å². The van der Waals surface area contributed by atoms with Gasteiger partial charge in [0.1, 0.15) is 17.3 Å². The zero-order valence-electron chi connectivity index (χ0n) is 11.9. The molecule has 0 saturated carbocycles. The number of aryl methyl sites for hydroxylation is 1. The first-order chi connectivity index (χ1) is 9.97. The molecule has 0 amide bonds. The molecule has 0 aromatic heterocycles. The Morgan fingerprint density at radius 2 is 1.71 bits per heavy atom. The number of hydrogen-bond donors (Lipinski definition) is 0. The molecular weight excluding hydrogens is 359 g/mol. The number of benzene rings is 2. The van der Waals surface area contributed by atoms with E-state index in [0.29, 0.717) is 22.6 Å². The van der Waals surface area contributed by atoms with Crippen molar-refractivity contribution in [1.82, 2.24) is 0 Å². The maximum Gasteiger partial charge on any atom is 0.133 e. The van der Waals surface area contributed by atoms with Crippen LogP contribution in [0, 0.1) is 12.7 Å². The highest BCUT2D eigenvalue weighted by Gasteiger charge is 2.21. The fraction of sp³-hybridized carbons (Fsp3) is 0.250. The lowest BCUT2D eigenvalue weighted by Gasteiger charge is -2.17. The summed E-state index contributed by atoms with van der Waals surface area (Å²) in [6, 6.07) is 8.50. The molecule has 1 unspecified atom stereocenters. The van der Waals surface area contributed by atoms with Crippen LogP contribution in [0.1, 0.15) is 22.1 Å². The van der Waals surface area contributed by atoms with Crippen LogP contribution in [-0.4, -0.2) is 14.2 Å². The van der Waals surface area contributed by atoms with Crippen molar-refractivity contribution in [3.8, 4) is 11.5 Å². The third-order valence-electron chi connectivity index (χ3n) is 3.21. The molecule has 0 fully saturated rings. The van der Waals surface area contributed by atoms with Gasteiger partial charge in [-0.15, -0.1) is 11.6 Å². The van der Waals surface area contributed by atoms with E-state index in [4.69, 9.17) is 21.1 Å². The van der Waals surface area contributed by atoms with E-state index in [9.17, 15) is 4.39 Å². The van der Waals surface area contributed by atoms with Crippen LogP contribution < -0.4 is 9.47 Å². The van der Waals surface area contributed by atoms with E-state index in [1.54, 1.807) is 32.4 Å². The summed E-state index contributed by atoms with van der Waals surface area (Å²) in [5.74, 6) is 0.852. The molecule has 2 rings (SSSR count). The lowest BCUT2D eigenvalue weighted by atomic mass is 10.0. The molecule has 0 heterocycles. The van der Waals surface area contributed by atoms with E-state index in [2.05, 4.69) is 15.9 Å². The monoisotopic (exact) mass is 372 g/mol. The number of hydrogen-bond acceptors (Lipinski definition) is 2. The van der Waals surface area contributed by atoms with Gasteiger partial charge in [-0.2, -0.15) is 0 Å². The molecule has 2 aromatic rings. The zero-order valence-corrected chi connectivity index (χ0v) is 14.3. The minimum atomic E-state index is -0.664. The lowest BCUT2D eigenvalue weighted by molar-refractivity contribution is 0.397. The molecule has 0 aliphatic carbocycles. The molecule has 0 aliphatic heterocycles. The van der Waals surface area contributed by atoms with Gasteiger partial charge in [-0.05, 0) is 46.6 Å². The van der Waals surface area contributed by atoms with Gasteiger partial charge in [-0.1, -0.05) is 12.1 Å². The summed E-state index contributed by atoms with van der Waals surface area (Å²) in [7, 11) is 3.11. The van der Waals surface area contributed by atoms with Crippen LogP contribution in [0.4, 0.5) is 4.39 Å². The predicted molar refractivity (Wildman–Crippen MR) is 86.1 cm³/mol. The molecule has 0 saturated heterocycles. The topological polar surface area (TPSA) is 18.5 Å². The van der Waals surface area contributed by atoms with Crippen molar-refractivity contribution in [2.45, 2.75) is 12.3 Å². The number of ether oxygens (including phenoxy) is 2. The van der Waals surface area contributed by atoms with E-state index in [1.807, 2.05) is 13.0 Å². The second-order valence-corrected chi connectivity index (χ2v) is 5.91. The van der Waals surface area contributed by atoms with Crippen LogP contribution in [0.2, 0.25) is 0 Å². The van der Waals surface area contributed by atoms with Crippen LogP contribution in [0.5, 0.6) is 11.5 Å². The van der Waals surface area contributed by atoms with Crippen molar-refractivity contribution in [2.75, 3.05) is 14.2 Å². The molecule has 112 valence electrons. The highest BCUT2D eigenvalue weighted by atomic mass is 79.9. The van der Waals surface area contributed by atoms with E-state index < -0.39 is 5.38 Å². The zero-order chi connectivity index (χ0) is 15.6. The van der Waals surface area contributed by atoms with E-state index in [0.717, 1.165) is 10.0 Å². The van der Waals surface area contributed by atoms with Crippen molar-refractivity contribution in [2.24, 2.45) is 0 Å². The number of rotatable bonds is 4. The standard InChI is InChI=1S/C16H15BrClFO2/c1-9-4-5-10(13(19)6-9)16(18)11-7-15(21-3)12(17)8-14(11)20-2/h4-8,16H,1-3H3. The number of alkyl halides is 1. The van der Waals surface area contributed by atoms with Crippen molar-refractivity contribution < 1.29 is 13.9 Å². The third-order valence-corrected chi connectivity index (χ3v) is 4.30. The van der Waals surface area contributed by atoms with Gasteiger partial charge in [0.15, 0.2) is 0 Å². The minimum Gasteiger partial charge on any atom is -0.496 e. The van der Waals surface area contributed by atoms with Gasteiger partial charge in [0.05, 0.1) is 24.1 Å². The SMILES string of the molecule is COc1cc(C(Cl)c2ccc(C)cc2F)c(OC)cc1Br. The normalized spacial score (nSPS) is 12.1. The molecule has 5 heteroatoms. The van der Waals surface area contributed by atoms with Gasteiger partial charge in [0.25, 0.3) is 0 Å². The first kappa shape index (κ1) is 16.1. The van der Waals surface area contributed by atoms with Crippen molar-refractivity contribution in [3.05, 3.63) is 57.3 Å². The summed E-state index contributed by atoms with van der Waals surface area (Å²) in [6.07, 6.45) is 0. The second-order valence-electron chi connectivity index (χ2n) is 4.62. The Kier molecular flexibility index (Phi) is 5.12. The summed E-state index contributed by atoms with van der Waals surface area (Å²) < 4.78 is 25.5. The van der Waals surface area contributed by atoms with Crippen LogP contribution >= 0.6 is 27.5 Å². The lowest BCUT2D eigenvalue weighted by Crippen LogP contribution is -2.01. The Hall–Kier alpha value is -1.26. The molecule has 0 spiro atoms. The average Bonchev–Trinajstić information content (AvgIpc) is 2.46. The highest BCUT2D eigenvalue weighted by molar-refractivity contribution is 9.10. The first-order valence-electron chi connectivity index (χ1n) is 6.29. The first-order valence-corrected chi connectivity index (χ1v) is 7.52. The van der Waals surface area contributed by atoms with Crippen LogP contribution in [0.15, 0.2) is 34.8 Å². The van der Waals surface area contributed by atoms with Gasteiger partial charge in [-0.25, -0.2) is 4.39 Å². The fourth-order valence-electron chi connectivity index (χ4n) is 2.09. The summed E-state index contributed by atoms with van der Waals surface area (Å²) in [5, 5.41) is -0.664. The molecule has 0 bridgehead atoms. The van der Waals surface area contributed by atoms with Crippen molar-refractivity contribution in [1.29, 1.82) is 0 Å². The predicted octanol–water partition coefficient (Wildman–Crippen LogP) is 5.24. The summed E-state index contributed by atoms with van der Waals surface area (Å²) in [5.41, 5.74) is 1.91. The van der Waals surface area contributed by atoms with Gasteiger partial charge < -0.3 is 9.47 Å². The second kappa shape index (κ2) is 6.67. The Morgan fingerprint density at radius 1 is 1.05 bits per heavy atom. The number of halogens is 3. The molecule has 0 N–H and O–H groups in total. The Balaban J connectivity index is 2.53. The Bertz CT molecular complexity index is 661. The van der Waals surface area contributed by atoms with Gasteiger partial charge in [-0.3, -0.25) is 0 Å². The molecular formula is C16H15BrClFO2. The van der Waals surface area contributed by atoms with Crippen LogP contribution in [0.3, 0.4) is 0 Å². The smallest absolute Gasteiger partial charge is 0.133 e. The minimum absolute atomic E-state index is 0.334. The number of methoxy groups -OCH3 is 2. The van der Waals surface area contributed by atoms with Crippen LogP contribution in [-0.2, 0) is 0 Å². The highest BCUT2D eigenvalue weighted by Crippen LogP contribution is 2.41. The molecule has 0 aliphatic rings. The maximum absolute atomic E-state index is 14.1. The summed E-state index contributed by atoms with van der Waals surface area (Å²) in [6.45, 7) is 1.83. The summed E-state index contributed by atoms with van der Waals surface area (Å²) >= 11 is 9.85. The molecule has 1 atom stereocenters. The van der Waals surface area contributed by atoms with Crippen molar-refractivity contribution in [3.63, 3.8) is 0 Å². The third kappa shape index (κ3) is 3.33. The Labute approximate surface area is 137 Å². The van der Waals surface area contributed by atoms with E-state index >= 15 is 0 Å². The molecule has 21 heavy (non-hydrogen) atoms. The maximum atomic E-state index is 14.1. The van der Waals surface area contributed by atoms with E-state index in [1.165, 1.54) is 6.07 Å². The summed E-state index contributed by atoms with van der Waals surface area (Å²) in [4.78, 5) is 0.